The fourth-order valence-electron chi connectivity index (χ4n) is 4.53. The van der Waals surface area contributed by atoms with Gasteiger partial charge in [0.2, 0.25) is 11.9 Å². The van der Waals surface area contributed by atoms with Crippen LogP contribution in [-0.2, 0) is 11.3 Å². The van der Waals surface area contributed by atoms with E-state index in [4.69, 9.17) is 9.97 Å². The second-order valence-corrected chi connectivity index (χ2v) is 8.75. The van der Waals surface area contributed by atoms with Crippen molar-refractivity contribution < 1.29 is 4.79 Å². The summed E-state index contributed by atoms with van der Waals surface area (Å²) in [5, 5.41) is 0. The molecule has 3 heterocycles. The minimum atomic E-state index is 0.172. The van der Waals surface area contributed by atoms with Crippen molar-refractivity contribution in [2.75, 3.05) is 44.2 Å². The van der Waals surface area contributed by atoms with Gasteiger partial charge in [-0.1, -0.05) is 13.8 Å². The highest BCUT2D eigenvalue weighted by Gasteiger charge is 2.35. The Morgan fingerprint density at radius 2 is 1.59 bits per heavy atom. The van der Waals surface area contributed by atoms with Gasteiger partial charge in [-0.2, -0.15) is 0 Å². The highest BCUT2D eigenvalue weighted by atomic mass is 16.2. The Balaban J connectivity index is 1.65. The number of hydrogen-bond donors (Lipinski definition) is 0. The van der Waals surface area contributed by atoms with Crippen LogP contribution in [0.3, 0.4) is 0 Å². The van der Waals surface area contributed by atoms with E-state index < -0.39 is 0 Å². The summed E-state index contributed by atoms with van der Waals surface area (Å²) in [4.78, 5) is 30.4. The number of nitrogens with zero attached hydrogens (tertiary/aromatic N) is 6. The summed E-state index contributed by atoms with van der Waals surface area (Å²) in [5.41, 5.74) is 1.15. The molecule has 162 valence electrons. The molecular weight excluding hydrogens is 364 g/mol. The van der Waals surface area contributed by atoms with E-state index in [2.05, 4.69) is 42.4 Å². The van der Waals surface area contributed by atoms with E-state index in [0.717, 1.165) is 70.2 Å². The maximum Gasteiger partial charge on any atom is 0.225 e. The van der Waals surface area contributed by atoms with Gasteiger partial charge in [0.1, 0.15) is 0 Å². The predicted molar refractivity (Wildman–Crippen MR) is 117 cm³/mol. The van der Waals surface area contributed by atoms with E-state index in [0.29, 0.717) is 18.1 Å². The first-order chi connectivity index (χ1) is 13.9. The second kappa shape index (κ2) is 9.85. The van der Waals surface area contributed by atoms with Crippen molar-refractivity contribution in [2.24, 2.45) is 0 Å². The van der Waals surface area contributed by atoms with E-state index in [1.54, 1.807) is 6.92 Å². The van der Waals surface area contributed by atoms with E-state index >= 15 is 0 Å². The van der Waals surface area contributed by atoms with Crippen molar-refractivity contribution in [1.82, 2.24) is 24.7 Å². The van der Waals surface area contributed by atoms with Crippen LogP contribution in [0.2, 0.25) is 0 Å². The molecule has 0 bridgehead atoms. The topological polar surface area (TPSA) is 55.8 Å². The molecule has 7 nitrogen and oxygen atoms in total. The van der Waals surface area contributed by atoms with Crippen LogP contribution in [-0.4, -0.2) is 88.0 Å². The van der Waals surface area contributed by atoms with Gasteiger partial charge in [0, 0.05) is 88.8 Å². The Labute approximate surface area is 176 Å². The Bertz CT molecular complexity index is 642. The van der Waals surface area contributed by atoms with Gasteiger partial charge in [0.25, 0.3) is 0 Å². The molecule has 2 unspecified atom stereocenters. The summed E-state index contributed by atoms with van der Waals surface area (Å²) in [6.45, 7) is 17.2. The van der Waals surface area contributed by atoms with Crippen molar-refractivity contribution in [3.63, 3.8) is 0 Å². The third-order valence-corrected chi connectivity index (χ3v) is 6.50. The lowest BCUT2D eigenvalue weighted by Crippen LogP contribution is -2.60. The number of carbonyl (C=O) groups excluding carboxylic acids is 1. The molecule has 2 atom stereocenters. The predicted octanol–water partition coefficient (Wildman–Crippen LogP) is 2.23. The first-order valence-electron chi connectivity index (χ1n) is 11.2. The van der Waals surface area contributed by atoms with Crippen molar-refractivity contribution in [3.8, 4) is 0 Å². The zero-order chi connectivity index (χ0) is 21.0. The van der Waals surface area contributed by atoms with Crippen LogP contribution in [0.4, 0.5) is 5.95 Å². The molecule has 2 fully saturated rings. The lowest BCUT2D eigenvalue weighted by atomic mass is 10.0. The lowest BCUT2D eigenvalue weighted by Gasteiger charge is -2.48. The number of rotatable bonds is 6. The first kappa shape index (κ1) is 22.0. The number of hydrogen-bond acceptors (Lipinski definition) is 6. The zero-order valence-corrected chi connectivity index (χ0v) is 18.8. The van der Waals surface area contributed by atoms with Gasteiger partial charge in [-0.15, -0.1) is 0 Å². The largest absolute Gasteiger partial charge is 0.340 e. The van der Waals surface area contributed by atoms with E-state index in [-0.39, 0.29) is 5.91 Å². The average molecular weight is 403 g/mol. The molecule has 3 rings (SSSR count). The van der Waals surface area contributed by atoms with Crippen molar-refractivity contribution in [1.29, 1.82) is 0 Å². The maximum absolute atomic E-state index is 11.5. The Kier molecular flexibility index (Phi) is 7.46. The molecule has 0 radical (unpaired) electrons. The van der Waals surface area contributed by atoms with Crippen molar-refractivity contribution >= 4 is 11.9 Å². The van der Waals surface area contributed by atoms with Gasteiger partial charge in [-0.3, -0.25) is 14.6 Å². The number of aromatic nitrogens is 2. The van der Waals surface area contributed by atoms with Crippen molar-refractivity contribution in [3.05, 3.63) is 18.0 Å². The highest BCUT2D eigenvalue weighted by molar-refractivity contribution is 5.73. The summed E-state index contributed by atoms with van der Waals surface area (Å²) in [6.07, 6.45) is 6.19. The van der Waals surface area contributed by atoms with Crippen LogP contribution < -0.4 is 4.90 Å². The fraction of sp³-hybridized carbons (Fsp3) is 0.773. The average Bonchev–Trinajstić information content (AvgIpc) is 2.73. The second-order valence-electron chi connectivity index (χ2n) is 8.75. The molecular formula is C22H38N6O. The van der Waals surface area contributed by atoms with Gasteiger partial charge in [0.05, 0.1) is 0 Å². The molecule has 7 heteroatoms. The summed E-state index contributed by atoms with van der Waals surface area (Å²) >= 11 is 0. The smallest absolute Gasteiger partial charge is 0.225 e. The van der Waals surface area contributed by atoms with Crippen LogP contribution >= 0.6 is 0 Å². The van der Waals surface area contributed by atoms with E-state index in [1.165, 1.54) is 0 Å². The highest BCUT2D eigenvalue weighted by Crippen LogP contribution is 2.26. The molecule has 1 aromatic rings. The molecule has 0 aromatic carbocycles. The molecule has 0 aliphatic carbocycles. The number of amides is 1. The van der Waals surface area contributed by atoms with Gasteiger partial charge >= 0.3 is 0 Å². The third kappa shape index (κ3) is 5.25. The van der Waals surface area contributed by atoms with E-state index in [1.807, 2.05) is 17.3 Å². The number of carbonyl (C=O) groups is 1. The van der Waals surface area contributed by atoms with Crippen LogP contribution in [0, 0.1) is 0 Å². The van der Waals surface area contributed by atoms with Gasteiger partial charge in [-0.25, -0.2) is 9.97 Å². The maximum atomic E-state index is 11.5. The number of piperazine rings is 2. The SMILES string of the molecule is CCC1CN(C(C)C)CC(CC)N1c1ncc(CN2CCN(C(C)=O)CC2)cn1. The van der Waals surface area contributed by atoms with Crippen molar-refractivity contribution in [2.45, 2.75) is 72.1 Å². The number of anilines is 1. The standard InChI is InChI=1S/C22H38N6O/c1-6-20-15-27(17(3)4)16-21(7-2)28(20)22-23-12-19(13-24-22)14-25-8-10-26(11-9-25)18(5)29/h12-13,17,20-21H,6-11,14-16H2,1-5H3. The third-order valence-electron chi connectivity index (χ3n) is 6.50. The van der Waals surface area contributed by atoms with Gasteiger partial charge in [-0.05, 0) is 26.7 Å². The minimum absolute atomic E-state index is 0.172. The quantitative estimate of drug-likeness (QED) is 0.727. The Hall–Kier alpha value is -1.73. The Morgan fingerprint density at radius 3 is 2.03 bits per heavy atom. The van der Waals surface area contributed by atoms with Gasteiger partial charge in [0.15, 0.2) is 0 Å². The summed E-state index contributed by atoms with van der Waals surface area (Å²) in [5.74, 6) is 1.04. The van der Waals surface area contributed by atoms with Crippen LogP contribution in [0.1, 0.15) is 53.0 Å². The molecule has 0 spiro atoms. The van der Waals surface area contributed by atoms with Gasteiger partial charge < -0.3 is 9.80 Å². The minimum Gasteiger partial charge on any atom is -0.340 e. The fourth-order valence-corrected chi connectivity index (χ4v) is 4.53. The van der Waals surface area contributed by atoms with E-state index in [9.17, 15) is 4.79 Å². The Morgan fingerprint density at radius 1 is 1.03 bits per heavy atom. The monoisotopic (exact) mass is 402 g/mol. The molecule has 0 N–H and O–H groups in total. The molecule has 1 amide bonds. The molecule has 0 saturated carbocycles. The molecule has 1 aromatic heterocycles. The molecule has 2 saturated heterocycles. The normalized spacial score (nSPS) is 24.3. The molecule has 2 aliphatic heterocycles. The lowest BCUT2D eigenvalue weighted by molar-refractivity contribution is -0.130. The van der Waals surface area contributed by atoms with Crippen LogP contribution in [0.15, 0.2) is 12.4 Å². The molecule has 2 aliphatic rings. The molecule has 29 heavy (non-hydrogen) atoms. The summed E-state index contributed by atoms with van der Waals surface area (Å²) in [6, 6.07) is 1.50. The van der Waals surface area contributed by atoms with Crippen LogP contribution in [0.5, 0.6) is 0 Å². The summed E-state index contributed by atoms with van der Waals surface area (Å²) in [7, 11) is 0. The summed E-state index contributed by atoms with van der Waals surface area (Å²) < 4.78 is 0. The zero-order valence-electron chi connectivity index (χ0n) is 18.8. The first-order valence-corrected chi connectivity index (χ1v) is 11.2. The van der Waals surface area contributed by atoms with Crippen LogP contribution in [0.25, 0.3) is 0 Å².